The van der Waals surface area contributed by atoms with Crippen LogP contribution in [-0.2, 0) is 18.4 Å². The van der Waals surface area contributed by atoms with E-state index in [2.05, 4.69) is 15.5 Å². The number of rotatable bonds is 8. The number of nitro groups is 1. The molecule has 0 unspecified atom stereocenters. The summed E-state index contributed by atoms with van der Waals surface area (Å²) < 4.78 is 7.53. The van der Waals surface area contributed by atoms with Crippen LogP contribution in [0.4, 0.5) is 11.4 Å². The molecule has 0 aliphatic carbocycles. The summed E-state index contributed by atoms with van der Waals surface area (Å²) in [6.07, 6.45) is 0. The zero-order chi connectivity index (χ0) is 21.7. The minimum Gasteiger partial charge on any atom is -0.485 e. The van der Waals surface area contributed by atoms with Gasteiger partial charge in [-0.3, -0.25) is 14.9 Å². The molecule has 1 heterocycles. The van der Waals surface area contributed by atoms with E-state index in [-0.39, 0.29) is 24.0 Å². The number of anilines is 1. The Hall–Kier alpha value is -3.11. The molecular weight excluding hydrogens is 430 g/mol. The van der Waals surface area contributed by atoms with Gasteiger partial charge in [-0.2, -0.15) is 0 Å². The topological polar surface area (TPSA) is 112 Å². The van der Waals surface area contributed by atoms with Gasteiger partial charge >= 0.3 is 0 Å². The lowest BCUT2D eigenvalue weighted by molar-refractivity contribution is -0.384. The summed E-state index contributed by atoms with van der Waals surface area (Å²) in [4.78, 5) is 22.5. The van der Waals surface area contributed by atoms with E-state index < -0.39 is 4.92 Å². The molecule has 0 bridgehead atoms. The summed E-state index contributed by atoms with van der Waals surface area (Å²) in [6.45, 7) is 2.12. The number of nitrogens with zero attached hydrogens (tertiary/aromatic N) is 4. The molecule has 1 aromatic heterocycles. The van der Waals surface area contributed by atoms with Crippen molar-refractivity contribution in [2.24, 2.45) is 7.05 Å². The Labute approximate surface area is 181 Å². The predicted molar refractivity (Wildman–Crippen MR) is 114 cm³/mol. The molecule has 0 saturated heterocycles. The minimum absolute atomic E-state index is 0.0752. The van der Waals surface area contributed by atoms with Gasteiger partial charge in [0, 0.05) is 29.9 Å². The first-order valence-electron chi connectivity index (χ1n) is 8.78. The van der Waals surface area contributed by atoms with Crippen LogP contribution in [0, 0.1) is 17.0 Å². The number of amides is 1. The van der Waals surface area contributed by atoms with Gasteiger partial charge < -0.3 is 14.6 Å². The number of aromatic nitrogens is 3. The molecule has 0 atom stereocenters. The van der Waals surface area contributed by atoms with Crippen molar-refractivity contribution in [1.29, 1.82) is 0 Å². The second kappa shape index (κ2) is 9.59. The highest BCUT2D eigenvalue weighted by atomic mass is 35.5. The molecule has 1 N–H and O–H groups in total. The molecule has 0 saturated carbocycles. The van der Waals surface area contributed by atoms with Gasteiger partial charge in [0.15, 0.2) is 11.0 Å². The first kappa shape index (κ1) is 21.6. The lowest BCUT2D eigenvalue weighted by Gasteiger charge is -2.09. The Balaban J connectivity index is 1.55. The van der Waals surface area contributed by atoms with Crippen LogP contribution in [0.2, 0.25) is 5.02 Å². The number of halogens is 1. The number of benzene rings is 2. The standard InChI is InChI=1S/C19H18ClN5O4S/c1-12-8-13(20)6-7-16(12)29-10-17-22-23-19(24(17)2)30-11-18(26)21-14-4-3-5-15(9-14)25(27)28/h3-9H,10-11H2,1-2H3,(H,21,26). The van der Waals surface area contributed by atoms with Gasteiger partial charge in [0.25, 0.3) is 5.69 Å². The average Bonchev–Trinajstić information content (AvgIpc) is 3.05. The molecule has 1 amide bonds. The first-order valence-corrected chi connectivity index (χ1v) is 10.1. The average molecular weight is 448 g/mol. The summed E-state index contributed by atoms with van der Waals surface area (Å²) in [5.74, 6) is 1.07. The van der Waals surface area contributed by atoms with Crippen LogP contribution in [-0.4, -0.2) is 31.3 Å². The summed E-state index contributed by atoms with van der Waals surface area (Å²) in [5, 5.41) is 22.8. The highest BCUT2D eigenvalue weighted by Gasteiger charge is 2.13. The van der Waals surface area contributed by atoms with Gasteiger partial charge in [-0.25, -0.2) is 0 Å². The fraction of sp³-hybridized carbons (Fsp3) is 0.211. The number of carbonyl (C=O) groups is 1. The van der Waals surface area contributed by atoms with Gasteiger partial charge in [0.1, 0.15) is 12.4 Å². The SMILES string of the molecule is Cc1cc(Cl)ccc1OCc1nnc(SCC(=O)Nc2cccc([N+](=O)[O-])c2)n1C. The van der Waals surface area contributed by atoms with Crippen molar-refractivity contribution in [2.45, 2.75) is 18.7 Å². The number of ether oxygens (including phenoxy) is 1. The molecule has 0 aliphatic heterocycles. The molecule has 30 heavy (non-hydrogen) atoms. The highest BCUT2D eigenvalue weighted by Crippen LogP contribution is 2.23. The monoisotopic (exact) mass is 447 g/mol. The second-order valence-electron chi connectivity index (χ2n) is 6.30. The van der Waals surface area contributed by atoms with Gasteiger partial charge in [0.2, 0.25) is 5.91 Å². The molecule has 0 radical (unpaired) electrons. The van der Waals surface area contributed by atoms with E-state index in [0.717, 1.165) is 5.56 Å². The number of thioether (sulfide) groups is 1. The molecule has 0 spiro atoms. The lowest BCUT2D eigenvalue weighted by atomic mass is 10.2. The number of carbonyl (C=O) groups excluding carboxylic acids is 1. The quantitative estimate of drug-likeness (QED) is 0.315. The van der Waals surface area contributed by atoms with Gasteiger partial charge in [0.05, 0.1) is 10.7 Å². The number of hydrogen-bond acceptors (Lipinski definition) is 7. The van der Waals surface area contributed by atoms with Gasteiger partial charge in [-0.1, -0.05) is 29.4 Å². The maximum Gasteiger partial charge on any atom is 0.271 e. The molecule has 0 aliphatic rings. The third-order valence-corrected chi connectivity index (χ3v) is 5.35. The molecule has 2 aromatic carbocycles. The summed E-state index contributed by atoms with van der Waals surface area (Å²) >= 11 is 7.15. The zero-order valence-electron chi connectivity index (χ0n) is 16.2. The van der Waals surface area contributed by atoms with E-state index in [1.807, 2.05) is 13.0 Å². The Kier molecular flexibility index (Phi) is 6.91. The van der Waals surface area contributed by atoms with Crippen LogP contribution < -0.4 is 10.1 Å². The van der Waals surface area contributed by atoms with Crippen molar-refractivity contribution in [1.82, 2.24) is 14.8 Å². The Morgan fingerprint density at radius 1 is 1.30 bits per heavy atom. The van der Waals surface area contributed by atoms with Gasteiger partial charge in [-0.15, -0.1) is 10.2 Å². The Morgan fingerprint density at radius 2 is 2.10 bits per heavy atom. The number of nitro benzene ring substituents is 1. The van der Waals surface area contributed by atoms with E-state index in [9.17, 15) is 14.9 Å². The third kappa shape index (κ3) is 5.49. The smallest absolute Gasteiger partial charge is 0.271 e. The van der Waals surface area contributed by atoms with E-state index in [4.69, 9.17) is 16.3 Å². The van der Waals surface area contributed by atoms with Gasteiger partial charge in [-0.05, 0) is 36.8 Å². The normalized spacial score (nSPS) is 10.6. The maximum atomic E-state index is 12.2. The summed E-state index contributed by atoms with van der Waals surface area (Å²) in [6, 6.07) is 11.1. The van der Waals surface area contributed by atoms with Crippen molar-refractivity contribution < 1.29 is 14.5 Å². The van der Waals surface area contributed by atoms with Crippen molar-refractivity contribution in [3.63, 3.8) is 0 Å². The zero-order valence-corrected chi connectivity index (χ0v) is 17.7. The van der Waals surface area contributed by atoms with Crippen molar-refractivity contribution in [2.75, 3.05) is 11.1 Å². The van der Waals surface area contributed by atoms with Crippen molar-refractivity contribution >= 4 is 40.6 Å². The molecule has 0 fully saturated rings. The van der Waals surface area contributed by atoms with E-state index in [0.29, 0.717) is 27.4 Å². The van der Waals surface area contributed by atoms with Crippen LogP contribution >= 0.6 is 23.4 Å². The minimum atomic E-state index is -0.515. The number of non-ortho nitro benzene ring substituents is 1. The van der Waals surface area contributed by atoms with E-state index >= 15 is 0 Å². The third-order valence-electron chi connectivity index (χ3n) is 4.09. The van der Waals surface area contributed by atoms with Crippen LogP contribution in [0.1, 0.15) is 11.4 Å². The fourth-order valence-electron chi connectivity index (χ4n) is 2.54. The Morgan fingerprint density at radius 3 is 2.83 bits per heavy atom. The van der Waals surface area contributed by atoms with Crippen LogP contribution in [0.15, 0.2) is 47.6 Å². The maximum absolute atomic E-state index is 12.2. The fourth-order valence-corrected chi connectivity index (χ4v) is 3.49. The number of aryl methyl sites for hydroxylation is 1. The second-order valence-corrected chi connectivity index (χ2v) is 7.68. The van der Waals surface area contributed by atoms with Crippen molar-refractivity contribution in [3.8, 4) is 5.75 Å². The van der Waals surface area contributed by atoms with Crippen LogP contribution in [0.25, 0.3) is 0 Å². The molecule has 11 heteroatoms. The summed E-state index contributed by atoms with van der Waals surface area (Å²) in [7, 11) is 1.79. The molecule has 3 aromatic rings. The van der Waals surface area contributed by atoms with E-state index in [1.54, 1.807) is 29.8 Å². The van der Waals surface area contributed by atoms with Crippen LogP contribution in [0.5, 0.6) is 5.75 Å². The molecular formula is C19H18ClN5O4S. The van der Waals surface area contributed by atoms with Crippen molar-refractivity contribution in [3.05, 3.63) is 69.0 Å². The highest BCUT2D eigenvalue weighted by molar-refractivity contribution is 7.99. The summed E-state index contributed by atoms with van der Waals surface area (Å²) in [5.41, 5.74) is 1.19. The van der Waals surface area contributed by atoms with E-state index in [1.165, 1.54) is 30.0 Å². The first-order chi connectivity index (χ1) is 14.3. The van der Waals surface area contributed by atoms with Crippen LogP contribution in [0.3, 0.4) is 0 Å². The molecule has 9 nitrogen and oxygen atoms in total. The molecule has 156 valence electrons. The number of hydrogen-bond donors (Lipinski definition) is 1. The largest absolute Gasteiger partial charge is 0.485 e. The predicted octanol–water partition coefficient (Wildman–Crippen LogP) is 3.99. The lowest BCUT2D eigenvalue weighted by Crippen LogP contribution is -2.14. The Bertz CT molecular complexity index is 1090. The molecule has 3 rings (SSSR count). The number of nitrogens with one attached hydrogen (secondary N) is 1.